The Bertz CT molecular complexity index is 555. The maximum atomic E-state index is 12.6. The molecule has 2 unspecified atom stereocenters. The third-order valence-corrected chi connectivity index (χ3v) is 5.40. The average Bonchev–Trinajstić information content (AvgIpc) is 2.42. The van der Waals surface area contributed by atoms with E-state index < -0.39 is 0 Å². The lowest BCUT2D eigenvalue weighted by Crippen LogP contribution is -2.44. The van der Waals surface area contributed by atoms with Crippen LogP contribution in [0.4, 0.5) is 5.69 Å². The van der Waals surface area contributed by atoms with E-state index in [1.165, 1.54) is 32.1 Å². The molecule has 3 N–H and O–H groups in total. The molecule has 2 atom stereocenters. The Morgan fingerprint density at radius 3 is 2.71 bits per heavy atom. The number of halogens is 1. The van der Waals surface area contributed by atoms with Crippen LogP contribution in [0.5, 0.6) is 0 Å². The number of aromatic nitrogens is 2. The van der Waals surface area contributed by atoms with E-state index in [1.807, 2.05) is 0 Å². The van der Waals surface area contributed by atoms with Crippen LogP contribution in [0.3, 0.4) is 0 Å². The van der Waals surface area contributed by atoms with Crippen molar-refractivity contribution in [1.29, 1.82) is 0 Å². The summed E-state index contributed by atoms with van der Waals surface area (Å²) in [5, 5.41) is 7.63. The van der Waals surface area contributed by atoms with Gasteiger partial charge in [-0.05, 0) is 47.5 Å². The maximum Gasteiger partial charge on any atom is 0.291 e. The number of nitrogens with two attached hydrogens (primary N) is 1. The molecular formula is C15H23BrN4O. The molecule has 2 aliphatic carbocycles. The fourth-order valence-electron chi connectivity index (χ4n) is 3.17. The molecule has 5 nitrogen and oxygen atoms in total. The summed E-state index contributed by atoms with van der Waals surface area (Å²) in [5.41, 5.74) is 6.76. The van der Waals surface area contributed by atoms with Crippen molar-refractivity contribution in [3.63, 3.8) is 0 Å². The van der Waals surface area contributed by atoms with Crippen LogP contribution in [0.1, 0.15) is 44.9 Å². The van der Waals surface area contributed by atoms with Crippen LogP contribution in [0.2, 0.25) is 0 Å². The van der Waals surface area contributed by atoms with Gasteiger partial charge in [0.05, 0.1) is 10.7 Å². The molecule has 0 bridgehead atoms. The minimum absolute atomic E-state index is 0.0333. The van der Waals surface area contributed by atoms with Crippen molar-refractivity contribution in [3.05, 3.63) is 21.0 Å². The van der Waals surface area contributed by atoms with E-state index in [2.05, 4.69) is 26.3 Å². The summed E-state index contributed by atoms with van der Waals surface area (Å²) in [6.45, 7) is 0.734. The Labute approximate surface area is 133 Å². The molecule has 1 aromatic heterocycles. The third-order valence-electron chi connectivity index (χ3n) is 4.80. The molecule has 1 heterocycles. The SMILES string of the molecule is NC1CCCCC1Nc1c(Br)cnn(CC2CCC2)c1=O. The van der Waals surface area contributed by atoms with Crippen molar-refractivity contribution in [3.8, 4) is 0 Å². The number of rotatable bonds is 4. The normalized spacial score (nSPS) is 26.4. The van der Waals surface area contributed by atoms with E-state index in [0.717, 1.165) is 23.9 Å². The summed E-state index contributed by atoms with van der Waals surface area (Å²) >= 11 is 3.45. The van der Waals surface area contributed by atoms with E-state index >= 15 is 0 Å². The minimum atomic E-state index is -0.0333. The van der Waals surface area contributed by atoms with Crippen molar-refractivity contribution in [2.75, 3.05) is 5.32 Å². The molecule has 0 aromatic carbocycles. The molecule has 1 aromatic rings. The van der Waals surface area contributed by atoms with Gasteiger partial charge in [0.15, 0.2) is 0 Å². The van der Waals surface area contributed by atoms with Crippen LogP contribution in [-0.4, -0.2) is 21.9 Å². The quantitative estimate of drug-likeness (QED) is 0.870. The van der Waals surface area contributed by atoms with Crippen molar-refractivity contribution in [2.24, 2.45) is 11.7 Å². The van der Waals surface area contributed by atoms with Gasteiger partial charge in [-0.15, -0.1) is 0 Å². The molecule has 6 heteroatoms. The Morgan fingerprint density at radius 2 is 2.05 bits per heavy atom. The molecule has 0 aliphatic heterocycles. The first-order valence-electron chi connectivity index (χ1n) is 7.93. The first kappa shape index (κ1) is 15.0. The summed E-state index contributed by atoms with van der Waals surface area (Å²) in [7, 11) is 0. The van der Waals surface area contributed by atoms with Crippen LogP contribution in [0, 0.1) is 5.92 Å². The summed E-state index contributed by atoms with van der Waals surface area (Å²) in [5.74, 6) is 0.612. The zero-order chi connectivity index (χ0) is 14.8. The molecule has 0 spiro atoms. The van der Waals surface area contributed by atoms with E-state index in [4.69, 9.17) is 5.73 Å². The molecule has 3 rings (SSSR count). The second-order valence-corrected chi connectivity index (χ2v) is 7.21. The first-order valence-corrected chi connectivity index (χ1v) is 8.72. The lowest BCUT2D eigenvalue weighted by molar-refractivity contribution is 0.261. The van der Waals surface area contributed by atoms with Gasteiger partial charge in [-0.2, -0.15) is 5.10 Å². The van der Waals surface area contributed by atoms with Crippen molar-refractivity contribution in [2.45, 2.75) is 63.6 Å². The van der Waals surface area contributed by atoms with Gasteiger partial charge in [0.1, 0.15) is 5.69 Å². The lowest BCUT2D eigenvalue weighted by Gasteiger charge is -2.30. The van der Waals surface area contributed by atoms with Gasteiger partial charge in [-0.1, -0.05) is 19.3 Å². The number of nitrogens with one attached hydrogen (secondary N) is 1. The number of hydrogen-bond donors (Lipinski definition) is 2. The smallest absolute Gasteiger partial charge is 0.291 e. The Kier molecular flexibility index (Phi) is 4.64. The van der Waals surface area contributed by atoms with Gasteiger partial charge in [0, 0.05) is 18.6 Å². The van der Waals surface area contributed by atoms with Gasteiger partial charge in [-0.25, -0.2) is 4.68 Å². The molecule has 0 radical (unpaired) electrons. The lowest BCUT2D eigenvalue weighted by atomic mass is 9.85. The van der Waals surface area contributed by atoms with Crippen molar-refractivity contribution in [1.82, 2.24) is 9.78 Å². The molecule has 21 heavy (non-hydrogen) atoms. The van der Waals surface area contributed by atoms with E-state index in [-0.39, 0.29) is 17.6 Å². The average molecular weight is 355 g/mol. The van der Waals surface area contributed by atoms with E-state index in [0.29, 0.717) is 11.6 Å². The zero-order valence-electron chi connectivity index (χ0n) is 12.2. The molecule has 116 valence electrons. The van der Waals surface area contributed by atoms with Crippen molar-refractivity contribution < 1.29 is 0 Å². The largest absolute Gasteiger partial charge is 0.375 e. The van der Waals surface area contributed by atoms with Gasteiger partial charge >= 0.3 is 0 Å². The van der Waals surface area contributed by atoms with E-state index in [1.54, 1.807) is 10.9 Å². The molecule has 0 saturated heterocycles. The highest BCUT2D eigenvalue weighted by atomic mass is 79.9. The molecule has 0 amide bonds. The Morgan fingerprint density at radius 1 is 1.29 bits per heavy atom. The van der Waals surface area contributed by atoms with Gasteiger partial charge < -0.3 is 11.1 Å². The Hall–Kier alpha value is -0.880. The minimum Gasteiger partial charge on any atom is -0.375 e. The second-order valence-electron chi connectivity index (χ2n) is 6.35. The summed E-state index contributed by atoms with van der Waals surface area (Å²) < 4.78 is 2.33. The predicted molar refractivity (Wildman–Crippen MR) is 87.4 cm³/mol. The summed E-state index contributed by atoms with van der Waals surface area (Å²) in [6.07, 6.45) is 9.82. The molecule has 2 saturated carbocycles. The summed E-state index contributed by atoms with van der Waals surface area (Å²) in [4.78, 5) is 12.6. The van der Waals surface area contributed by atoms with Gasteiger partial charge in [0.25, 0.3) is 5.56 Å². The van der Waals surface area contributed by atoms with Gasteiger partial charge in [0.2, 0.25) is 0 Å². The topological polar surface area (TPSA) is 72.9 Å². The Balaban J connectivity index is 1.79. The maximum absolute atomic E-state index is 12.6. The van der Waals surface area contributed by atoms with Crippen molar-refractivity contribution >= 4 is 21.6 Å². The summed E-state index contributed by atoms with van der Waals surface area (Å²) in [6, 6.07) is 0.306. The standard InChI is InChI=1S/C15H23BrN4O/c16-11-8-18-20(9-10-4-3-5-10)15(21)14(11)19-13-7-2-1-6-12(13)17/h8,10,12-13,19H,1-7,9,17H2. The molecule has 2 fully saturated rings. The van der Waals surface area contributed by atoms with Crippen LogP contribution in [-0.2, 0) is 6.54 Å². The zero-order valence-corrected chi connectivity index (χ0v) is 13.8. The van der Waals surface area contributed by atoms with Crippen LogP contribution in [0.25, 0.3) is 0 Å². The van der Waals surface area contributed by atoms with Crippen LogP contribution >= 0.6 is 15.9 Å². The second kappa shape index (κ2) is 6.48. The molecule has 2 aliphatic rings. The highest BCUT2D eigenvalue weighted by molar-refractivity contribution is 9.10. The fourth-order valence-corrected chi connectivity index (χ4v) is 3.55. The number of hydrogen-bond acceptors (Lipinski definition) is 4. The third kappa shape index (κ3) is 3.31. The monoisotopic (exact) mass is 354 g/mol. The fraction of sp³-hybridized carbons (Fsp3) is 0.733. The predicted octanol–water partition coefficient (Wildman–Crippen LogP) is 2.49. The van der Waals surface area contributed by atoms with Crippen LogP contribution in [0.15, 0.2) is 15.5 Å². The number of nitrogens with zero attached hydrogens (tertiary/aromatic N) is 2. The molecular weight excluding hydrogens is 332 g/mol. The highest BCUT2D eigenvalue weighted by Crippen LogP contribution is 2.28. The van der Waals surface area contributed by atoms with E-state index in [9.17, 15) is 4.79 Å². The number of anilines is 1. The first-order chi connectivity index (χ1) is 10.1. The van der Waals surface area contributed by atoms with Gasteiger partial charge in [-0.3, -0.25) is 4.79 Å². The highest BCUT2D eigenvalue weighted by Gasteiger charge is 2.25. The van der Waals surface area contributed by atoms with Crippen LogP contribution < -0.4 is 16.6 Å².